The molecule has 0 aliphatic carbocycles. The number of hydrogen-bond acceptors (Lipinski definition) is 7. The summed E-state index contributed by atoms with van der Waals surface area (Å²) in [5.41, 5.74) is 2.52. The van der Waals surface area contributed by atoms with Gasteiger partial charge in [-0.3, -0.25) is 14.4 Å². The number of carbonyl (C=O) groups excluding carboxylic acids is 2. The molecule has 0 unspecified atom stereocenters. The molecular weight excluding hydrogens is 569 g/mol. The van der Waals surface area contributed by atoms with Crippen molar-refractivity contribution in [3.63, 3.8) is 0 Å². The molecule has 1 aromatic carbocycles. The van der Waals surface area contributed by atoms with Gasteiger partial charge in [-0.2, -0.15) is 0 Å². The highest BCUT2D eigenvalue weighted by molar-refractivity contribution is 9.10. The number of amides is 2. The van der Waals surface area contributed by atoms with Crippen LogP contribution < -0.4 is 15.5 Å². The van der Waals surface area contributed by atoms with Crippen LogP contribution in [0.3, 0.4) is 0 Å². The zero-order valence-corrected chi connectivity index (χ0v) is 21.1. The molecule has 0 bridgehead atoms. The summed E-state index contributed by atoms with van der Waals surface area (Å²) in [6, 6.07) is 9.42. The largest absolute Gasteiger partial charge is 0.437 e. The third-order valence-corrected chi connectivity index (χ3v) is 6.11. The van der Waals surface area contributed by atoms with Crippen molar-refractivity contribution in [3.05, 3.63) is 79.1 Å². The van der Waals surface area contributed by atoms with Crippen molar-refractivity contribution in [2.75, 3.05) is 12.4 Å². The lowest BCUT2D eigenvalue weighted by Gasteiger charge is -2.14. The molecule has 4 rings (SSSR count). The number of hydroxylamine groups is 1. The topological polar surface area (TPSA) is 107 Å². The summed E-state index contributed by atoms with van der Waals surface area (Å²) in [6.07, 6.45) is 1.52. The highest BCUT2D eigenvalue weighted by atomic mass is 79.9. The van der Waals surface area contributed by atoms with Crippen molar-refractivity contribution in [1.82, 2.24) is 20.2 Å². The van der Waals surface area contributed by atoms with Crippen molar-refractivity contribution in [3.8, 4) is 17.4 Å². The van der Waals surface area contributed by atoms with E-state index in [1.807, 2.05) is 5.38 Å². The lowest BCUT2D eigenvalue weighted by atomic mass is 10.1. The first-order valence-electron chi connectivity index (χ1n) is 9.42. The standard InChI is InChI=1S/C21H14BrCl2N5O4S/c1-32-28-20(30)13-7-11(23)8-14(22)18(13)26-21(31)16-9-17(33-12-4-6-34-10-12)27-29(16)19-15(24)3-2-5-25-19/h2-10H,1H3,(H,26,31)(H,28,30). The molecule has 2 N–H and O–H groups in total. The van der Waals surface area contributed by atoms with Crippen molar-refractivity contribution in [2.24, 2.45) is 0 Å². The van der Waals surface area contributed by atoms with E-state index in [0.717, 1.165) is 0 Å². The molecule has 3 aromatic heterocycles. The van der Waals surface area contributed by atoms with E-state index in [9.17, 15) is 9.59 Å². The van der Waals surface area contributed by atoms with Gasteiger partial charge in [-0.05, 0) is 51.6 Å². The number of benzene rings is 1. The number of aromatic nitrogens is 3. The van der Waals surface area contributed by atoms with Crippen LogP contribution >= 0.6 is 50.5 Å². The Morgan fingerprint density at radius 2 is 2.00 bits per heavy atom. The maximum atomic E-state index is 13.4. The Hall–Kier alpha value is -2.96. The minimum Gasteiger partial charge on any atom is -0.437 e. The molecule has 0 atom stereocenters. The smallest absolute Gasteiger partial charge is 0.277 e. The van der Waals surface area contributed by atoms with E-state index in [-0.39, 0.29) is 38.7 Å². The normalized spacial score (nSPS) is 10.7. The van der Waals surface area contributed by atoms with Gasteiger partial charge in [0.1, 0.15) is 11.4 Å². The fourth-order valence-electron chi connectivity index (χ4n) is 2.90. The quantitative estimate of drug-likeness (QED) is 0.269. The molecule has 9 nitrogen and oxygen atoms in total. The van der Waals surface area contributed by atoms with Crippen molar-refractivity contribution >= 4 is 68.0 Å². The average molecular weight is 583 g/mol. The molecule has 0 aliphatic heterocycles. The van der Waals surface area contributed by atoms with Crippen LogP contribution in [0.25, 0.3) is 5.82 Å². The summed E-state index contributed by atoms with van der Waals surface area (Å²) in [7, 11) is 1.29. The summed E-state index contributed by atoms with van der Waals surface area (Å²) >= 11 is 17.2. The first-order valence-corrected chi connectivity index (χ1v) is 11.9. The summed E-state index contributed by atoms with van der Waals surface area (Å²) in [6.45, 7) is 0. The predicted molar refractivity (Wildman–Crippen MR) is 132 cm³/mol. The number of thiophene rings is 1. The third kappa shape index (κ3) is 5.24. The Morgan fingerprint density at radius 3 is 2.71 bits per heavy atom. The zero-order chi connectivity index (χ0) is 24.2. The Labute approximate surface area is 215 Å². The predicted octanol–water partition coefficient (Wildman–Crippen LogP) is 5.73. The van der Waals surface area contributed by atoms with Crippen molar-refractivity contribution in [1.29, 1.82) is 0 Å². The number of ether oxygens (including phenoxy) is 1. The Kier molecular flexibility index (Phi) is 7.49. The Balaban J connectivity index is 1.76. The van der Waals surface area contributed by atoms with Crippen LogP contribution in [0.2, 0.25) is 10.0 Å². The molecule has 13 heteroatoms. The van der Waals surface area contributed by atoms with E-state index in [1.165, 1.54) is 41.5 Å². The molecule has 0 radical (unpaired) electrons. The number of nitrogens with zero attached hydrogens (tertiary/aromatic N) is 3. The first-order chi connectivity index (χ1) is 16.4. The number of halogens is 3. The average Bonchev–Trinajstić information content (AvgIpc) is 3.46. The second kappa shape index (κ2) is 10.5. The Morgan fingerprint density at radius 1 is 1.18 bits per heavy atom. The van der Waals surface area contributed by atoms with Gasteiger partial charge in [-0.25, -0.2) is 15.1 Å². The molecule has 174 valence electrons. The van der Waals surface area contributed by atoms with Gasteiger partial charge in [-0.15, -0.1) is 16.4 Å². The monoisotopic (exact) mass is 581 g/mol. The van der Waals surface area contributed by atoms with E-state index in [4.69, 9.17) is 32.8 Å². The Bertz CT molecular complexity index is 1360. The number of carbonyl (C=O) groups is 2. The van der Waals surface area contributed by atoms with Gasteiger partial charge in [0, 0.05) is 27.1 Å². The van der Waals surface area contributed by atoms with Gasteiger partial charge in [0.25, 0.3) is 11.8 Å². The highest BCUT2D eigenvalue weighted by Gasteiger charge is 2.24. The number of nitrogens with one attached hydrogen (secondary N) is 2. The number of hydrogen-bond donors (Lipinski definition) is 2. The molecule has 0 spiro atoms. The number of pyridine rings is 1. The van der Waals surface area contributed by atoms with Crippen molar-refractivity contribution in [2.45, 2.75) is 0 Å². The van der Waals surface area contributed by atoms with Gasteiger partial charge in [0.15, 0.2) is 5.82 Å². The molecular formula is C21H14BrCl2N5O4S. The molecule has 3 heterocycles. The van der Waals surface area contributed by atoms with Gasteiger partial charge in [0.2, 0.25) is 5.88 Å². The SMILES string of the molecule is CONC(=O)c1cc(Cl)cc(Br)c1NC(=O)c1cc(Oc2ccsc2)nn1-c1ncccc1Cl. The summed E-state index contributed by atoms with van der Waals surface area (Å²) in [4.78, 5) is 34.8. The lowest BCUT2D eigenvalue weighted by Crippen LogP contribution is -2.25. The zero-order valence-electron chi connectivity index (χ0n) is 17.2. The molecule has 0 fully saturated rings. The van der Waals surface area contributed by atoms with E-state index in [0.29, 0.717) is 10.2 Å². The van der Waals surface area contributed by atoms with Crippen LogP contribution in [-0.2, 0) is 4.84 Å². The highest BCUT2D eigenvalue weighted by Crippen LogP contribution is 2.32. The summed E-state index contributed by atoms with van der Waals surface area (Å²) in [5, 5.41) is 11.3. The van der Waals surface area contributed by atoms with Gasteiger partial charge in [-0.1, -0.05) is 23.2 Å². The molecule has 4 aromatic rings. The molecule has 2 amide bonds. The maximum Gasteiger partial charge on any atom is 0.277 e. The fraction of sp³-hybridized carbons (Fsp3) is 0.0476. The summed E-state index contributed by atoms with van der Waals surface area (Å²) in [5.74, 6) is -0.278. The van der Waals surface area contributed by atoms with Crippen LogP contribution in [0, 0.1) is 0 Å². The molecule has 34 heavy (non-hydrogen) atoms. The van der Waals surface area contributed by atoms with Crippen molar-refractivity contribution < 1.29 is 19.2 Å². The van der Waals surface area contributed by atoms with Crippen LogP contribution in [0.5, 0.6) is 11.6 Å². The third-order valence-electron chi connectivity index (χ3n) is 4.31. The minimum atomic E-state index is -0.608. The molecule has 0 aliphatic rings. The first kappa shape index (κ1) is 24.2. The molecule has 0 saturated heterocycles. The van der Waals surface area contributed by atoms with E-state index >= 15 is 0 Å². The molecule has 0 saturated carbocycles. The van der Waals surface area contributed by atoms with E-state index < -0.39 is 11.8 Å². The lowest BCUT2D eigenvalue weighted by molar-refractivity contribution is 0.0538. The minimum absolute atomic E-state index is 0.0609. The van der Waals surface area contributed by atoms with Gasteiger partial charge in [0.05, 0.1) is 23.4 Å². The second-order valence-electron chi connectivity index (χ2n) is 6.55. The number of anilines is 1. The van der Waals surface area contributed by atoms with E-state index in [1.54, 1.807) is 29.6 Å². The van der Waals surface area contributed by atoms with Gasteiger partial charge >= 0.3 is 0 Å². The van der Waals surface area contributed by atoms with Crippen LogP contribution in [-0.4, -0.2) is 33.7 Å². The van der Waals surface area contributed by atoms with Crippen LogP contribution in [0.1, 0.15) is 20.8 Å². The number of rotatable bonds is 7. The fourth-order valence-corrected chi connectivity index (χ4v) is 4.56. The van der Waals surface area contributed by atoms with E-state index in [2.05, 4.69) is 36.8 Å². The van der Waals surface area contributed by atoms with Crippen LogP contribution in [0.15, 0.2) is 57.8 Å². The summed E-state index contributed by atoms with van der Waals surface area (Å²) < 4.78 is 7.40. The second-order valence-corrected chi connectivity index (χ2v) is 9.03. The van der Waals surface area contributed by atoms with Gasteiger partial charge < -0.3 is 10.1 Å². The maximum absolute atomic E-state index is 13.4. The van der Waals surface area contributed by atoms with Crippen LogP contribution in [0.4, 0.5) is 5.69 Å².